The normalized spacial score (nSPS) is 14.0. The van der Waals surface area contributed by atoms with Crippen LogP contribution in [0.15, 0.2) is 59.1 Å². The number of H-pyrrole nitrogens is 1. The van der Waals surface area contributed by atoms with E-state index in [2.05, 4.69) is 9.97 Å². The van der Waals surface area contributed by atoms with E-state index in [9.17, 15) is 14.7 Å². The van der Waals surface area contributed by atoms with Crippen LogP contribution in [0.25, 0.3) is 16.5 Å². The van der Waals surface area contributed by atoms with E-state index in [-0.39, 0.29) is 41.7 Å². The number of esters is 1. The highest BCUT2D eigenvalue weighted by Crippen LogP contribution is 2.29. The van der Waals surface area contributed by atoms with Gasteiger partial charge in [-0.2, -0.15) is 0 Å². The highest BCUT2D eigenvalue weighted by atomic mass is 16.5. The minimum absolute atomic E-state index is 0.00446. The SMILES string of the molecule is CCOC(=O)c1ccc(N2CC(O)=C(c3nc4ccccc4c(=O)[nH]3)C2=N)cc1. The molecule has 4 rings (SSSR count). The summed E-state index contributed by atoms with van der Waals surface area (Å²) in [5.41, 5.74) is 1.34. The van der Waals surface area contributed by atoms with E-state index in [0.29, 0.717) is 22.2 Å². The third kappa shape index (κ3) is 3.25. The van der Waals surface area contributed by atoms with Crippen LogP contribution in [0.1, 0.15) is 23.1 Å². The van der Waals surface area contributed by atoms with Crippen LogP contribution in [0.4, 0.5) is 5.69 Å². The first-order chi connectivity index (χ1) is 14.0. The lowest BCUT2D eigenvalue weighted by Crippen LogP contribution is -2.26. The van der Waals surface area contributed by atoms with Crippen molar-refractivity contribution in [2.75, 3.05) is 18.1 Å². The van der Waals surface area contributed by atoms with Gasteiger partial charge >= 0.3 is 5.97 Å². The van der Waals surface area contributed by atoms with Gasteiger partial charge in [0.1, 0.15) is 17.4 Å². The number of nitrogens with one attached hydrogen (secondary N) is 2. The van der Waals surface area contributed by atoms with Crippen LogP contribution in [-0.2, 0) is 4.74 Å². The van der Waals surface area contributed by atoms with Crippen molar-refractivity contribution in [3.8, 4) is 0 Å². The van der Waals surface area contributed by atoms with Crippen molar-refractivity contribution >= 4 is 34.0 Å². The van der Waals surface area contributed by atoms with Gasteiger partial charge in [-0.25, -0.2) is 9.78 Å². The van der Waals surface area contributed by atoms with Gasteiger partial charge in [-0.05, 0) is 43.3 Å². The number of anilines is 1. The number of ether oxygens (including phenoxy) is 1. The molecule has 0 amide bonds. The zero-order valence-electron chi connectivity index (χ0n) is 15.6. The fourth-order valence-corrected chi connectivity index (χ4v) is 3.25. The average molecular weight is 390 g/mol. The number of hydrogen-bond donors (Lipinski definition) is 3. The van der Waals surface area contributed by atoms with E-state index in [1.165, 1.54) is 0 Å². The largest absolute Gasteiger partial charge is 0.509 e. The van der Waals surface area contributed by atoms with Gasteiger partial charge < -0.3 is 19.7 Å². The maximum absolute atomic E-state index is 12.3. The molecule has 146 valence electrons. The highest BCUT2D eigenvalue weighted by molar-refractivity contribution is 6.30. The Morgan fingerprint density at radius 1 is 1.24 bits per heavy atom. The van der Waals surface area contributed by atoms with E-state index in [1.54, 1.807) is 60.4 Å². The zero-order chi connectivity index (χ0) is 20.5. The molecular weight excluding hydrogens is 372 g/mol. The first-order valence-corrected chi connectivity index (χ1v) is 9.04. The number of aliphatic hydroxyl groups is 1. The maximum atomic E-state index is 12.3. The number of rotatable bonds is 4. The summed E-state index contributed by atoms with van der Waals surface area (Å²) in [6.45, 7) is 2.08. The van der Waals surface area contributed by atoms with Crippen LogP contribution < -0.4 is 10.5 Å². The van der Waals surface area contributed by atoms with E-state index in [1.807, 2.05) is 0 Å². The van der Waals surface area contributed by atoms with E-state index in [0.717, 1.165) is 0 Å². The van der Waals surface area contributed by atoms with Crippen molar-refractivity contribution in [3.63, 3.8) is 0 Å². The van der Waals surface area contributed by atoms with Gasteiger partial charge in [-0.1, -0.05) is 12.1 Å². The number of aromatic amines is 1. The summed E-state index contributed by atoms with van der Waals surface area (Å²) in [5, 5.41) is 19.4. The molecule has 0 bridgehead atoms. The molecule has 3 aromatic rings. The molecule has 0 unspecified atom stereocenters. The zero-order valence-corrected chi connectivity index (χ0v) is 15.6. The fourth-order valence-electron chi connectivity index (χ4n) is 3.25. The number of aliphatic hydroxyl groups excluding tert-OH is 1. The minimum Gasteiger partial charge on any atom is -0.509 e. The number of carbonyl (C=O) groups is 1. The summed E-state index contributed by atoms with van der Waals surface area (Å²) < 4.78 is 4.97. The van der Waals surface area contributed by atoms with E-state index >= 15 is 0 Å². The number of para-hydroxylation sites is 1. The number of amidine groups is 1. The molecule has 29 heavy (non-hydrogen) atoms. The molecule has 0 fully saturated rings. The molecule has 1 aromatic heterocycles. The van der Waals surface area contributed by atoms with Crippen LogP contribution in [0, 0.1) is 5.41 Å². The molecule has 0 saturated carbocycles. The molecule has 2 aromatic carbocycles. The second kappa shape index (κ2) is 7.23. The van der Waals surface area contributed by atoms with Gasteiger partial charge in [-0.3, -0.25) is 10.2 Å². The van der Waals surface area contributed by atoms with Crippen LogP contribution >= 0.6 is 0 Å². The van der Waals surface area contributed by atoms with Gasteiger partial charge in [0.25, 0.3) is 5.56 Å². The Labute approximate surface area is 165 Å². The quantitative estimate of drug-likeness (QED) is 0.589. The topological polar surface area (TPSA) is 119 Å². The lowest BCUT2D eigenvalue weighted by molar-refractivity contribution is 0.0526. The van der Waals surface area contributed by atoms with E-state index < -0.39 is 5.97 Å². The predicted molar refractivity (Wildman–Crippen MR) is 109 cm³/mol. The average Bonchev–Trinajstić information content (AvgIpc) is 3.02. The molecule has 8 nitrogen and oxygen atoms in total. The first-order valence-electron chi connectivity index (χ1n) is 9.04. The molecule has 0 spiro atoms. The van der Waals surface area contributed by atoms with Crippen molar-refractivity contribution in [1.82, 2.24) is 9.97 Å². The Morgan fingerprint density at radius 2 is 1.97 bits per heavy atom. The number of nitrogens with zero attached hydrogens (tertiary/aromatic N) is 2. The molecule has 0 aliphatic carbocycles. The summed E-state index contributed by atoms with van der Waals surface area (Å²) in [5.74, 6) is -0.343. The maximum Gasteiger partial charge on any atom is 0.338 e. The van der Waals surface area contributed by atoms with Crippen molar-refractivity contribution in [1.29, 1.82) is 5.41 Å². The van der Waals surface area contributed by atoms with Gasteiger partial charge in [-0.15, -0.1) is 0 Å². The third-order valence-corrected chi connectivity index (χ3v) is 4.64. The molecule has 0 saturated heterocycles. The van der Waals surface area contributed by atoms with Crippen LogP contribution in [0.2, 0.25) is 0 Å². The van der Waals surface area contributed by atoms with E-state index in [4.69, 9.17) is 10.1 Å². The second-order valence-electron chi connectivity index (χ2n) is 6.46. The first kappa shape index (κ1) is 18.4. The monoisotopic (exact) mass is 390 g/mol. The summed E-state index contributed by atoms with van der Waals surface area (Å²) in [4.78, 5) is 32.8. The molecule has 3 N–H and O–H groups in total. The fraction of sp³-hybridized carbons (Fsp3) is 0.143. The standard InChI is InChI=1S/C21H18N4O4/c1-2-29-21(28)12-7-9-13(10-8-12)25-11-16(26)17(18(25)22)19-23-15-6-4-3-5-14(15)20(27)24-19/h3-10,22,26H,2,11H2,1H3,(H,23,24,27). The third-order valence-electron chi connectivity index (χ3n) is 4.64. The molecule has 8 heteroatoms. The van der Waals surface area contributed by atoms with Gasteiger partial charge in [0.2, 0.25) is 0 Å². The van der Waals surface area contributed by atoms with Crippen molar-refractivity contribution in [2.24, 2.45) is 0 Å². The second-order valence-corrected chi connectivity index (χ2v) is 6.46. The molecule has 0 atom stereocenters. The lowest BCUT2D eigenvalue weighted by atomic mass is 10.2. The molecular formula is C21H18N4O4. The van der Waals surface area contributed by atoms with Crippen LogP contribution in [-0.4, -0.2) is 40.0 Å². The number of aromatic nitrogens is 2. The Kier molecular flexibility index (Phi) is 4.59. The molecule has 0 radical (unpaired) electrons. The molecule has 1 aliphatic heterocycles. The summed E-state index contributed by atoms with van der Waals surface area (Å²) in [6, 6.07) is 13.4. The lowest BCUT2D eigenvalue weighted by Gasteiger charge is -2.19. The van der Waals surface area contributed by atoms with Crippen molar-refractivity contribution in [2.45, 2.75) is 6.92 Å². The van der Waals surface area contributed by atoms with Gasteiger partial charge in [0, 0.05) is 5.69 Å². The molecule has 1 aliphatic rings. The number of fused-ring (bicyclic) bond motifs is 1. The van der Waals surface area contributed by atoms with Crippen molar-refractivity contribution < 1.29 is 14.6 Å². The highest BCUT2D eigenvalue weighted by Gasteiger charge is 2.31. The molecule has 2 heterocycles. The number of benzene rings is 2. The smallest absolute Gasteiger partial charge is 0.338 e. The summed E-state index contributed by atoms with van der Waals surface area (Å²) >= 11 is 0. The Bertz CT molecular complexity index is 1210. The number of hydrogen-bond acceptors (Lipinski definition) is 6. The predicted octanol–water partition coefficient (Wildman–Crippen LogP) is 2.87. The van der Waals surface area contributed by atoms with Gasteiger partial charge in [0.15, 0.2) is 0 Å². The number of carbonyl (C=O) groups excluding carboxylic acids is 1. The van der Waals surface area contributed by atoms with Crippen molar-refractivity contribution in [3.05, 3.63) is 76.0 Å². The Hall–Kier alpha value is -3.94. The van der Waals surface area contributed by atoms with Crippen LogP contribution in [0.5, 0.6) is 0 Å². The Morgan fingerprint density at radius 3 is 2.69 bits per heavy atom. The summed E-state index contributed by atoms with van der Waals surface area (Å²) in [7, 11) is 0. The summed E-state index contributed by atoms with van der Waals surface area (Å²) in [6.07, 6.45) is 0. The van der Waals surface area contributed by atoms with Gasteiger partial charge in [0.05, 0.1) is 35.2 Å². The van der Waals surface area contributed by atoms with Crippen LogP contribution in [0.3, 0.4) is 0 Å². The Balaban J connectivity index is 1.65. The minimum atomic E-state index is -0.421.